The summed E-state index contributed by atoms with van der Waals surface area (Å²) in [6.45, 7) is 4.69. The van der Waals surface area contributed by atoms with Gasteiger partial charge in [0.05, 0.1) is 18.5 Å². The second-order valence-corrected chi connectivity index (χ2v) is 5.64. The second-order valence-electron chi connectivity index (χ2n) is 5.64. The van der Waals surface area contributed by atoms with Gasteiger partial charge in [-0.15, -0.1) is 0 Å². The summed E-state index contributed by atoms with van der Waals surface area (Å²) >= 11 is 0. The molecule has 5 nitrogen and oxygen atoms in total. The number of anilines is 1. The van der Waals surface area contributed by atoms with Crippen LogP contribution in [0.4, 0.5) is 5.69 Å². The van der Waals surface area contributed by atoms with Crippen molar-refractivity contribution in [1.82, 2.24) is 10.1 Å². The van der Waals surface area contributed by atoms with Gasteiger partial charge in [-0.05, 0) is 55.7 Å². The van der Waals surface area contributed by atoms with Crippen molar-refractivity contribution in [3.63, 3.8) is 0 Å². The number of rotatable bonds is 6. The number of aromatic nitrogens is 2. The Bertz CT molecular complexity index is 793. The first-order valence-electron chi connectivity index (χ1n) is 7.93. The third-order valence-electron chi connectivity index (χ3n) is 3.99. The van der Waals surface area contributed by atoms with Crippen molar-refractivity contribution in [2.75, 3.05) is 19.0 Å². The largest absolute Gasteiger partial charge is 0.496 e. The minimum absolute atomic E-state index is 0.799. The molecule has 0 aliphatic rings. The average molecular weight is 323 g/mol. The van der Waals surface area contributed by atoms with E-state index in [2.05, 4.69) is 21.5 Å². The number of hydrogen-bond acceptors (Lipinski definition) is 5. The monoisotopic (exact) mass is 323 g/mol. The molecule has 24 heavy (non-hydrogen) atoms. The van der Waals surface area contributed by atoms with Gasteiger partial charge in [0.15, 0.2) is 0 Å². The first-order valence-corrected chi connectivity index (χ1v) is 7.93. The van der Waals surface area contributed by atoms with E-state index in [0.29, 0.717) is 0 Å². The Morgan fingerprint density at radius 2 is 2.08 bits per heavy atom. The summed E-state index contributed by atoms with van der Waals surface area (Å²) in [5.74, 6) is 1.72. The van der Waals surface area contributed by atoms with E-state index in [-0.39, 0.29) is 0 Å². The number of hydrogen-bond donors (Lipinski definition) is 1. The summed E-state index contributed by atoms with van der Waals surface area (Å²) in [5, 5.41) is 7.41. The topological polar surface area (TPSA) is 60.2 Å². The number of nitrogens with zero attached hydrogens (tertiary/aromatic N) is 2. The van der Waals surface area contributed by atoms with E-state index in [1.165, 1.54) is 0 Å². The Hall–Kier alpha value is -2.82. The van der Waals surface area contributed by atoms with E-state index in [0.717, 1.165) is 52.5 Å². The van der Waals surface area contributed by atoms with Crippen molar-refractivity contribution in [1.29, 1.82) is 0 Å². The van der Waals surface area contributed by atoms with E-state index in [4.69, 9.17) is 9.26 Å². The Labute approximate surface area is 141 Å². The molecule has 0 unspecified atom stereocenters. The first kappa shape index (κ1) is 16.1. The van der Waals surface area contributed by atoms with Gasteiger partial charge < -0.3 is 14.6 Å². The summed E-state index contributed by atoms with van der Waals surface area (Å²) < 4.78 is 10.8. The van der Waals surface area contributed by atoms with Crippen molar-refractivity contribution in [3.8, 4) is 16.9 Å². The van der Waals surface area contributed by atoms with Gasteiger partial charge in [0, 0.05) is 24.5 Å². The Balaban J connectivity index is 1.80. The number of methoxy groups -OCH3 is 1. The summed E-state index contributed by atoms with van der Waals surface area (Å²) in [6.07, 6.45) is 4.42. The molecule has 0 atom stereocenters. The van der Waals surface area contributed by atoms with E-state index in [1.807, 2.05) is 44.3 Å². The Morgan fingerprint density at radius 3 is 2.75 bits per heavy atom. The molecule has 3 aromatic rings. The van der Waals surface area contributed by atoms with Crippen LogP contribution in [0.25, 0.3) is 11.1 Å². The highest BCUT2D eigenvalue weighted by Gasteiger charge is 2.13. The molecule has 2 aromatic heterocycles. The van der Waals surface area contributed by atoms with Crippen LogP contribution in [0.15, 0.2) is 47.2 Å². The maximum atomic E-state index is 5.50. The third kappa shape index (κ3) is 3.40. The molecule has 0 saturated carbocycles. The highest BCUT2D eigenvalue weighted by molar-refractivity contribution is 5.69. The lowest BCUT2D eigenvalue weighted by Crippen LogP contribution is -2.06. The number of benzene rings is 1. The van der Waals surface area contributed by atoms with Crippen LogP contribution < -0.4 is 10.1 Å². The lowest BCUT2D eigenvalue weighted by atomic mass is 9.99. The second kappa shape index (κ2) is 7.17. The molecular weight excluding hydrogens is 302 g/mol. The normalized spacial score (nSPS) is 10.6. The zero-order valence-corrected chi connectivity index (χ0v) is 14.2. The first-order chi connectivity index (χ1) is 11.7. The van der Waals surface area contributed by atoms with Gasteiger partial charge in [-0.3, -0.25) is 4.98 Å². The van der Waals surface area contributed by atoms with Gasteiger partial charge in [0.1, 0.15) is 11.5 Å². The maximum absolute atomic E-state index is 5.50. The van der Waals surface area contributed by atoms with Crippen LogP contribution in [0.3, 0.4) is 0 Å². The Morgan fingerprint density at radius 1 is 1.21 bits per heavy atom. The lowest BCUT2D eigenvalue weighted by Gasteiger charge is -2.12. The summed E-state index contributed by atoms with van der Waals surface area (Å²) in [7, 11) is 1.70. The number of ether oxygens (including phenoxy) is 1. The summed E-state index contributed by atoms with van der Waals surface area (Å²) in [4.78, 5) is 4.11. The van der Waals surface area contributed by atoms with Gasteiger partial charge in [0.2, 0.25) is 0 Å². The van der Waals surface area contributed by atoms with Crippen LogP contribution in [-0.2, 0) is 6.42 Å². The molecular formula is C19H21N3O2. The maximum Gasteiger partial charge on any atom is 0.141 e. The molecule has 3 rings (SSSR count). The third-order valence-corrected chi connectivity index (χ3v) is 3.99. The zero-order valence-electron chi connectivity index (χ0n) is 14.2. The van der Waals surface area contributed by atoms with Crippen molar-refractivity contribution in [3.05, 3.63) is 59.7 Å². The van der Waals surface area contributed by atoms with Crippen LogP contribution in [0.2, 0.25) is 0 Å². The minimum Gasteiger partial charge on any atom is -0.496 e. The Kier molecular flexibility index (Phi) is 4.79. The van der Waals surface area contributed by atoms with E-state index in [9.17, 15) is 0 Å². The van der Waals surface area contributed by atoms with E-state index in [1.54, 1.807) is 13.3 Å². The molecule has 0 aliphatic carbocycles. The smallest absolute Gasteiger partial charge is 0.141 e. The predicted octanol–water partition coefficient (Wildman–Crippen LogP) is 4.02. The van der Waals surface area contributed by atoms with Crippen molar-refractivity contribution >= 4 is 5.69 Å². The highest BCUT2D eigenvalue weighted by Crippen LogP contribution is 2.31. The quantitative estimate of drug-likeness (QED) is 0.742. The van der Waals surface area contributed by atoms with Gasteiger partial charge in [0.25, 0.3) is 0 Å². The highest BCUT2D eigenvalue weighted by atomic mass is 16.5. The van der Waals surface area contributed by atoms with Gasteiger partial charge in [-0.1, -0.05) is 11.2 Å². The van der Waals surface area contributed by atoms with Gasteiger partial charge in [-0.25, -0.2) is 0 Å². The zero-order chi connectivity index (χ0) is 16.9. The molecule has 1 aromatic carbocycles. The molecule has 0 radical (unpaired) electrons. The van der Waals surface area contributed by atoms with Crippen LogP contribution in [0, 0.1) is 13.8 Å². The molecule has 2 heterocycles. The van der Waals surface area contributed by atoms with E-state index < -0.39 is 0 Å². The fourth-order valence-electron chi connectivity index (χ4n) is 2.83. The molecule has 5 heteroatoms. The SMILES string of the molecule is COc1ccc(-c2c(C)noc2C)cc1CCNc1cccnc1. The molecule has 0 bridgehead atoms. The van der Waals surface area contributed by atoms with Crippen LogP contribution >= 0.6 is 0 Å². The fourth-order valence-corrected chi connectivity index (χ4v) is 2.83. The van der Waals surface area contributed by atoms with E-state index >= 15 is 0 Å². The number of pyridine rings is 1. The predicted molar refractivity (Wildman–Crippen MR) is 94.4 cm³/mol. The van der Waals surface area contributed by atoms with Crippen molar-refractivity contribution < 1.29 is 9.26 Å². The number of aryl methyl sites for hydroxylation is 2. The fraction of sp³-hybridized carbons (Fsp3) is 0.263. The average Bonchev–Trinajstić information content (AvgIpc) is 2.94. The standard InChI is InChI=1S/C19H21N3O2/c1-13-19(14(2)24-22-13)16-6-7-18(23-3)15(11-16)8-10-21-17-5-4-9-20-12-17/h4-7,9,11-12,21H,8,10H2,1-3H3. The van der Waals surface area contributed by atoms with Crippen molar-refractivity contribution in [2.45, 2.75) is 20.3 Å². The molecule has 124 valence electrons. The van der Waals surface area contributed by atoms with Crippen LogP contribution in [0.5, 0.6) is 5.75 Å². The van der Waals surface area contributed by atoms with Crippen molar-refractivity contribution in [2.24, 2.45) is 0 Å². The number of nitrogens with one attached hydrogen (secondary N) is 1. The minimum atomic E-state index is 0.799. The molecule has 0 saturated heterocycles. The molecule has 0 aliphatic heterocycles. The van der Waals surface area contributed by atoms with Gasteiger partial charge in [-0.2, -0.15) is 0 Å². The van der Waals surface area contributed by atoms with Crippen LogP contribution in [0.1, 0.15) is 17.0 Å². The van der Waals surface area contributed by atoms with Crippen LogP contribution in [-0.4, -0.2) is 23.8 Å². The van der Waals surface area contributed by atoms with Gasteiger partial charge >= 0.3 is 0 Å². The summed E-state index contributed by atoms with van der Waals surface area (Å²) in [6, 6.07) is 10.1. The summed E-state index contributed by atoms with van der Waals surface area (Å²) in [5.41, 5.74) is 5.21. The molecule has 0 spiro atoms. The molecule has 0 fully saturated rings. The molecule has 0 amide bonds. The lowest BCUT2D eigenvalue weighted by molar-refractivity contribution is 0.393. The molecule has 1 N–H and O–H groups in total.